The molecule has 1 aliphatic heterocycles. The minimum Gasteiger partial charge on any atom is -0.492 e. The first kappa shape index (κ1) is 20.9. The Kier molecular flexibility index (Phi) is 6.77. The molecule has 3 rings (SSSR count). The third kappa shape index (κ3) is 4.75. The Labute approximate surface area is 169 Å². The van der Waals surface area contributed by atoms with Gasteiger partial charge in [-0.05, 0) is 42.8 Å². The smallest absolute Gasteiger partial charge is 0.243 e. The summed E-state index contributed by atoms with van der Waals surface area (Å²) in [5.41, 5.74) is 1.21. The van der Waals surface area contributed by atoms with E-state index < -0.39 is 15.8 Å². The molecule has 1 heterocycles. The first-order valence-electron chi connectivity index (χ1n) is 8.94. The molecule has 1 aliphatic rings. The van der Waals surface area contributed by atoms with Crippen LogP contribution in [0.1, 0.15) is 12.5 Å². The van der Waals surface area contributed by atoms with E-state index in [-0.39, 0.29) is 4.90 Å². The summed E-state index contributed by atoms with van der Waals surface area (Å²) in [7, 11) is -3.63. The van der Waals surface area contributed by atoms with Gasteiger partial charge in [0.25, 0.3) is 0 Å². The average Bonchev–Trinajstić information content (AvgIpc) is 2.69. The molecule has 0 spiro atoms. The first-order valence-corrected chi connectivity index (χ1v) is 10.8. The van der Waals surface area contributed by atoms with Gasteiger partial charge >= 0.3 is 0 Å². The van der Waals surface area contributed by atoms with E-state index in [1.807, 2.05) is 6.92 Å². The lowest BCUT2D eigenvalue weighted by Crippen LogP contribution is -2.40. The normalized spacial score (nSPS) is 15.4. The number of hydrogen-bond acceptors (Lipinski definition) is 5. The van der Waals surface area contributed by atoms with Gasteiger partial charge in [-0.25, -0.2) is 12.8 Å². The van der Waals surface area contributed by atoms with Crippen LogP contribution < -0.4 is 10.1 Å². The summed E-state index contributed by atoms with van der Waals surface area (Å²) in [6.45, 7) is 3.97. The number of hydrogen-bond donors (Lipinski definition) is 1. The van der Waals surface area contributed by atoms with Crippen molar-refractivity contribution in [3.8, 4) is 5.75 Å². The monoisotopic (exact) mass is 428 g/mol. The fraction of sp³-hybridized carbons (Fsp3) is 0.368. The van der Waals surface area contributed by atoms with Crippen LogP contribution in [-0.4, -0.2) is 45.6 Å². The molecule has 0 atom stereocenters. The summed E-state index contributed by atoms with van der Waals surface area (Å²) < 4.78 is 51.3. The van der Waals surface area contributed by atoms with Crippen LogP contribution in [0.3, 0.4) is 0 Å². The molecule has 9 heteroatoms. The Morgan fingerprint density at radius 3 is 2.64 bits per heavy atom. The zero-order chi connectivity index (χ0) is 20.1. The highest BCUT2D eigenvalue weighted by atomic mass is 35.5. The van der Waals surface area contributed by atoms with Gasteiger partial charge in [-0.1, -0.05) is 17.7 Å². The van der Waals surface area contributed by atoms with Crippen molar-refractivity contribution < 1.29 is 22.3 Å². The summed E-state index contributed by atoms with van der Waals surface area (Å²) in [6, 6.07) is 8.86. The Bertz CT molecular complexity index is 934. The molecule has 28 heavy (non-hydrogen) atoms. The lowest BCUT2D eigenvalue weighted by Gasteiger charge is -2.26. The second kappa shape index (κ2) is 9.09. The molecular weight excluding hydrogens is 407 g/mol. The predicted octanol–water partition coefficient (Wildman–Crippen LogP) is 3.51. The molecule has 6 nitrogen and oxygen atoms in total. The zero-order valence-electron chi connectivity index (χ0n) is 15.5. The van der Waals surface area contributed by atoms with Crippen LogP contribution in [0.15, 0.2) is 41.3 Å². The zero-order valence-corrected chi connectivity index (χ0v) is 17.0. The molecule has 2 aromatic carbocycles. The number of sulfonamides is 1. The molecule has 152 valence electrons. The van der Waals surface area contributed by atoms with E-state index in [2.05, 4.69) is 5.32 Å². The van der Waals surface area contributed by atoms with Crippen LogP contribution in [0.5, 0.6) is 5.75 Å². The molecule has 0 unspecified atom stereocenters. The molecule has 0 aromatic heterocycles. The Balaban J connectivity index is 1.86. The van der Waals surface area contributed by atoms with Crippen molar-refractivity contribution in [1.82, 2.24) is 4.31 Å². The molecule has 1 saturated heterocycles. The van der Waals surface area contributed by atoms with Crippen LogP contribution in [0, 0.1) is 5.82 Å². The molecule has 0 saturated carbocycles. The maximum atomic E-state index is 13.2. The van der Waals surface area contributed by atoms with Crippen molar-refractivity contribution in [2.75, 3.05) is 38.2 Å². The molecule has 1 fully saturated rings. The number of anilines is 1. The van der Waals surface area contributed by atoms with Gasteiger partial charge in [-0.15, -0.1) is 0 Å². The van der Waals surface area contributed by atoms with Gasteiger partial charge in [0.1, 0.15) is 11.6 Å². The van der Waals surface area contributed by atoms with Crippen molar-refractivity contribution in [2.45, 2.75) is 18.4 Å². The standard InChI is InChI=1S/C19H22ClFN2O4S/c1-2-27-19-6-5-16(28(24,25)23-7-9-26-10-8-23)12-18(19)22-13-14-3-4-15(21)11-17(14)20/h3-6,11-12,22H,2,7-10,13H2,1H3. The summed E-state index contributed by atoms with van der Waals surface area (Å²) in [5.74, 6) is 0.115. The minimum atomic E-state index is -3.63. The first-order chi connectivity index (χ1) is 13.4. The quantitative estimate of drug-likeness (QED) is 0.730. The fourth-order valence-electron chi connectivity index (χ4n) is 2.88. The van der Waals surface area contributed by atoms with E-state index >= 15 is 0 Å². The van der Waals surface area contributed by atoms with E-state index in [1.165, 1.54) is 22.5 Å². The molecular formula is C19H22ClFN2O4S. The van der Waals surface area contributed by atoms with Gasteiger partial charge in [-0.3, -0.25) is 0 Å². The topological polar surface area (TPSA) is 67.9 Å². The average molecular weight is 429 g/mol. The number of nitrogens with zero attached hydrogens (tertiary/aromatic N) is 1. The Morgan fingerprint density at radius 1 is 1.21 bits per heavy atom. The Morgan fingerprint density at radius 2 is 1.96 bits per heavy atom. The number of ether oxygens (including phenoxy) is 2. The van der Waals surface area contributed by atoms with Crippen LogP contribution in [-0.2, 0) is 21.3 Å². The number of nitrogens with one attached hydrogen (secondary N) is 1. The van der Waals surface area contributed by atoms with Crippen molar-refractivity contribution in [1.29, 1.82) is 0 Å². The minimum absolute atomic E-state index is 0.172. The highest BCUT2D eigenvalue weighted by Gasteiger charge is 2.27. The van der Waals surface area contributed by atoms with Crippen molar-refractivity contribution in [3.05, 3.63) is 52.8 Å². The molecule has 0 amide bonds. The van der Waals surface area contributed by atoms with E-state index in [4.69, 9.17) is 21.1 Å². The lowest BCUT2D eigenvalue weighted by molar-refractivity contribution is 0.0730. The van der Waals surface area contributed by atoms with Crippen molar-refractivity contribution >= 4 is 27.3 Å². The summed E-state index contributed by atoms with van der Waals surface area (Å²) >= 11 is 6.08. The van der Waals surface area contributed by atoms with Crippen molar-refractivity contribution in [2.24, 2.45) is 0 Å². The van der Waals surface area contributed by atoms with Gasteiger partial charge in [0.2, 0.25) is 10.0 Å². The van der Waals surface area contributed by atoms with E-state index in [0.29, 0.717) is 61.5 Å². The van der Waals surface area contributed by atoms with Gasteiger partial charge in [0.15, 0.2) is 0 Å². The maximum Gasteiger partial charge on any atom is 0.243 e. The highest BCUT2D eigenvalue weighted by molar-refractivity contribution is 7.89. The lowest BCUT2D eigenvalue weighted by atomic mass is 10.2. The third-order valence-corrected chi connectivity index (χ3v) is 6.59. The number of benzene rings is 2. The van der Waals surface area contributed by atoms with Gasteiger partial charge in [0.05, 0.1) is 30.4 Å². The third-order valence-electron chi connectivity index (χ3n) is 4.34. The SMILES string of the molecule is CCOc1ccc(S(=O)(=O)N2CCOCC2)cc1NCc1ccc(F)cc1Cl. The Hall–Kier alpha value is -1.87. The predicted molar refractivity (Wildman–Crippen MR) is 106 cm³/mol. The second-order valence-corrected chi connectivity index (χ2v) is 8.54. The number of halogens is 2. The summed E-state index contributed by atoms with van der Waals surface area (Å²) in [5, 5.41) is 3.44. The van der Waals surface area contributed by atoms with Crippen LogP contribution in [0.25, 0.3) is 0 Å². The highest BCUT2D eigenvalue weighted by Crippen LogP contribution is 2.30. The number of morpholine rings is 1. The summed E-state index contributed by atoms with van der Waals surface area (Å²) in [6.07, 6.45) is 0. The van der Waals surface area contributed by atoms with Gasteiger partial charge in [0, 0.05) is 24.7 Å². The molecule has 0 radical (unpaired) electrons. The fourth-order valence-corrected chi connectivity index (χ4v) is 4.55. The largest absolute Gasteiger partial charge is 0.492 e. The van der Waals surface area contributed by atoms with E-state index in [1.54, 1.807) is 18.2 Å². The van der Waals surface area contributed by atoms with Crippen LogP contribution in [0.2, 0.25) is 5.02 Å². The van der Waals surface area contributed by atoms with Crippen molar-refractivity contribution in [3.63, 3.8) is 0 Å². The van der Waals surface area contributed by atoms with Gasteiger partial charge in [-0.2, -0.15) is 4.31 Å². The number of rotatable bonds is 7. The van der Waals surface area contributed by atoms with Crippen LogP contribution >= 0.6 is 11.6 Å². The maximum absolute atomic E-state index is 13.2. The summed E-state index contributed by atoms with van der Waals surface area (Å²) in [4.78, 5) is 0.172. The molecule has 1 N–H and O–H groups in total. The molecule has 0 aliphatic carbocycles. The van der Waals surface area contributed by atoms with Crippen LogP contribution in [0.4, 0.5) is 10.1 Å². The second-order valence-electron chi connectivity index (χ2n) is 6.20. The van der Waals surface area contributed by atoms with E-state index in [9.17, 15) is 12.8 Å². The molecule has 2 aromatic rings. The van der Waals surface area contributed by atoms with E-state index in [0.717, 1.165) is 0 Å². The molecule has 0 bridgehead atoms. The van der Waals surface area contributed by atoms with Gasteiger partial charge < -0.3 is 14.8 Å².